The molecule has 0 saturated heterocycles. The molecule has 1 aliphatic heterocycles. The normalized spacial score (nSPS) is 13.2. The number of nitrogens with one attached hydrogen (secondary N) is 2. The highest BCUT2D eigenvalue weighted by molar-refractivity contribution is 6.02. The van der Waals surface area contributed by atoms with Crippen LogP contribution < -0.4 is 5.43 Å². The number of para-hydroxylation sites is 1. The molecule has 0 spiro atoms. The molecule has 2 aromatic carbocycles. The van der Waals surface area contributed by atoms with Crippen molar-refractivity contribution in [3.63, 3.8) is 0 Å². The number of nitrogens with zero attached hydrogens (tertiary/aromatic N) is 2. The Morgan fingerprint density at radius 1 is 1.04 bits per heavy atom. The number of hydrogen-bond donors (Lipinski definition) is 2. The van der Waals surface area contributed by atoms with E-state index in [2.05, 4.69) is 10.4 Å². The SMILES string of the molecule is N=C1c2ccccc2CN1NC(=O)c1ccc2ccccc2n1. The van der Waals surface area contributed by atoms with Crippen molar-refractivity contribution in [1.29, 1.82) is 5.41 Å². The van der Waals surface area contributed by atoms with Gasteiger partial charge in [-0.3, -0.25) is 20.6 Å². The summed E-state index contributed by atoms with van der Waals surface area (Å²) >= 11 is 0. The van der Waals surface area contributed by atoms with Crippen LogP contribution in [0.15, 0.2) is 60.7 Å². The molecule has 0 saturated carbocycles. The molecule has 3 aromatic rings. The number of carbonyl (C=O) groups is 1. The molecule has 0 radical (unpaired) electrons. The smallest absolute Gasteiger partial charge is 0.283 e. The first-order chi connectivity index (χ1) is 11.2. The average Bonchev–Trinajstić information content (AvgIpc) is 2.91. The van der Waals surface area contributed by atoms with Crippen LogP contribution in [0, 0.1) is 5.41 Å². The van der Waals surface area contributed by atoms with Crippen LogP contribution in [0.3, 0.4) is 0 Å². The largest absolute Gasteiger partial charge is 0.288 e. The van der Waals surface area contributed by atoms with Crippen molar-refractivity contribution in [2.45, 2.75) is 6.54 Å². The Morgan fingerprint density at radius 2 is 1.83 bits per heavy atom. The van der Waals surface area contributed by atoms with Gasteiger partial charge in [-0.1, -0.05) is 48.5 Å². The zero-order valence-electron chi connectivity index (χ0n) is 12.3. The molecule has 1 aliphatic rings. The number of amidine groups is 1. The lowest BCUT2D eigenvalue weighted by Gasteiger charge is -2.18. The number of fused-ring (bicyclic) bond motifs is 2. The van der Waals surface area contributed by atoms with E-state index in [0.717, 1.165) is 22.0 Å². The molecule has 112 valence electrons. The minimum absolute atomic E-state index is 0.301. The maximum absolute atomic E-state index is 12.4. The van der Waals surface area contributed by atoms with E-state index in [4.69, 9.17) is 5.41 Å². The highest BCUT2D eigenvalue weighted by Crippen LogP contribution is 2.20. The highest BCUT2D eigenvalue weighted by Gasteiger charge is 2.25. The Labute approximate surface area is 133 Å². The summed E-state index contributed by atoms with van der Waals surface area (Å²) in [6, 6.07) is 18.9. The van der Waals surface area contributed by atoms with Gasteiger partial charge in [0, 0.05) is 10.9 Å². The van der Waals surface area contributed by atoms with Crippen LogP contribution in [-0.4, -0.2) is 21.7 Å². The van der Waals surface area contributed by atoms with E-state index in [1.807, 2.05) is 54.6 Å². The first-order valence-corrected chi connectivity index (χ1v) is 7.33. The molecule has 0 bridgehead atoms. The molecular weight excluding hydrogens is 288 g/mol. The Hall–Kier alpha value is -3.21. The van der Waals surface area contributed by atoms with Crippen molar-refractivity contribution in [1.82, 2.24) is 15.4 Å². The Bertz CT molecular complexity index is 935. The number of hydrogen-bond acceptors (Lipinski definition) is 3. The number of hydrazine groups is 1. The summed E-state index contributed by atoms with van der Waals surface area (Å²) in [7, 11) is 0. The van der Waals surface area contributed by atoms with E-state index in [-0.39, 0.29) is 5.91 Å². The van der Waals surface area contributed by atoms with Gasteiger partial charge in [-0.15, -0.1) is 0 Å². The molecule has 2 N–H and O–H groups in total. The predicted octanol–water partition coefficient (Wildman–Crippen LogP) is 2.72. The molecular formula is C18H14N4O. The second-order valence-corrected chi connectivity index (χ2v) is 5.42. The summed E-state index contributed by atoms with van der Waals surface area (Å²) < 4.78 is 0. The van der Waals surface area contributed by atoms with Crippen LogP contribution in [0.5, 0.6) is 0 Å². The zero-order valence-corrected chi connectivity index (χ0v) is 12.3. The summed E-state index contributed by atoms with van der Waals surface area (Å²) in [4.78, 5) is 16.8. The topological polar surface area (TPSA) is 69.1 Å². The molecule has 4 rings (SSSR count). The number of aromatic nitrogens is 1. The third-order valence-electron chi connectivity index (χ3n) is 3.94. The number of amides is 1. The third-order valence-corrected chi connectivity index (χ3v) is 3.94. The number of rotatable bonds is 2. The Balaban J connectivity index is 1.57. The first kappa shape index (κ1) is 13.5. The molecule has 0 atom stereocenters. The van der Waals surface area contributed by atoms with E-state index in [0.29, 0.717) is 18.1 Å². The molecule has 23 heavy (non-hydrogen) atoms. The van der Waals surface area contributed by atoms with Gasteiger partial charge < -0.3 is 0 Å². The lowest BCUT2D eigenvalue weighted by Crippen LogP contribution is -2.42. The molecule has 0 unspecified atom stereocenters. The second-order valence-electron chi connectivity index (χ2n) is 5.42. The maximum Gasteiger partial charge on any atom is 0.288 e. The van der Waals surface area contributed by atoms with Gasteiger partial charge in [0.1, 0.15) is 11.5 Å². The van der Waals surface area contributed by atoms with Crippen molar-refractivity contribution in [3.05, 3.63) is 77.5 Å². The molecule has 2 heterocycles. The summed E-state index contributed by atoms with van der Waals surface area (Å²) in [5.41, 5.74) is 5.76. The fourth-order valence-corrected chi connectivity index (χ4v) is 2.75. The predicted molar refractivity (Wildman–Crippen MR) is 88.0 cm³/mol. The van der Waals surface area contributed by atoms with Gasteiger partial charge in [-0.25, -0.2) is 4.98 Å². The van der Waals surface area contributed by atoms with Gasteiger partial charge in [-0.2, -0.15) is 0 Å². The van der Waals surface area contributed by atoms with Crippen LogP contribution in [0.25, 0.3) is 10.9 Å². The van der Waals surface area contributed by atoms with Crippen molar-refractivity contribution in [2.75, 3.05) is 0 Å². The van der Waals surface area contributed by atoms with Gasteiger partial charge in [-0.05, 0) is 17.7 Å². The van der Waals surface area contributed by atoms with Crippen molar-refractivity contribution in [2.24, 2.45) is 0 Å². The first-order valence-electron chi connectivity index (χ1n) is 7.33. The summed E-state index contributed by atoms with van der Waals surface area (Å²) in [5, 5.41) is 10.7. The molecule has 0 fully saturated rings. The number of benzene rings is 2. The van der Waals surface area contributed by atoms with Gasteiger partial charge in [0.15, 0.2) is 0 Å². The van der Waals surface area contributed by atoms with E-state index in [1.165, 1.54) is 0 Å². The van der Waals surface area contributed by atoms with Crippen LogP contribution in [-0.2, 0) is 6.54 Å². The highest BCUT2D eigenvalue weighted by atomic mass is 16.2. The minimum Gasteiger partial charge on any atom is -0.283 e. The lowest BCUT2D eigenvalue weighted by molar-refractivity contribution is 0.0864. The monoisotopic (exact) mass is 302 g/mol. The Kier molecular flexibility index (Phi) is 3.05. The van der Waals surface area contributed by atoms with Crippen LogP contribution in [0.1, 0.15) is 21.6 Å². The van der Waals surface area contributed by atoms with E-state index >= 15 is 0 Å². The molecule has 0 aliphatic carbocycles. The molecule has 1 aromatic heterocycles. The van der Waals surface area contributed by atoms with Crippen molar-refractivity contribution < 1.29 is 4.79 Å². The Morgan fingerprint density at radius 3 is 2.70 bits per heavy atom. The maximum atomic E-state index is 12.4. The minimum atomic E-state index is -0.312. The molecule has 5 nitrogen and oxygen atoms in total. The number of carbonyl (C=O) groups excluding carboxylic acids is 1. The van der Waals surface area contributed by atoms with Gasteiger partial charge in [0.2, 0.25) is 0 Å². The average molecular weight is 302 g/mol. The third kappa shape index (κ3) is 2.32. The van der Waals surface area contributed by atoms with Gasteiger partial charge in [0.05, 0.1) is 12.1 Å². The van der Waals surface area contributed by atoms with Crippen LogP contribution >= 0.6 is 0 Å². The van der Waals surface area contributed by atoms with Gasteiger partial charge >= 0.3 is 0 Å². The van der Waals surface area contributed by atoms with Crippen molar-refractivity contribution in [3.8, 4) is 0 Å². The van der Waals surface area contributed by atoms with E-state index < -0.39 is 0 Å². The number of pyridine rings is 1. The second kappa shape index (κ2) is 5.21. The quantitative estimate of drug-likeness (QED) is 0.764. The van der Waals surface area contributed by atoms with Crippen molar-refractivity contribution >= 4 is 22.6 Å². The fraction of sp³-hybridized carbons (Fsp3) is 0.0556. The summed E-state index contributed by atoms with van der Waals surface area (Å²) in [6.07, 6.45) is 0. The molecule has 1 amide bonds. The van der Waals surface area contributed by atoms with E-state index in [1.54, 1.807) is 11.1 Å². The van der Waals surface area contributed by atoms with Crippen LogP contribution in [0.4, 0.5) is 0 Å². The van der Waals surface area contributed by atoms with E-state index in [9.17, 15) is 4.79 Å². The summed E-state index contributed by atoms with van der Waals surface area (Å²) in [6.45, 7) is 0.494. The standard InChI is InChI=1S/C18H14N4O/c19-17-14-7-3-1-6-13(14)11-22(17)21-18(23)16-10-9-12-5-2-4-8-15(12)20-16/h1-10,19H,11H2,(H,21,23). The lowest BCUT2D eigenvalue weighted by atomic mass is 10.1. The zero-order chi connectivity index (χ0) is 15.8. The molecule has 5 heteroatoms. The summed E-state index contributed by atoms with van der Waals surface area (Å²) in [5.74, 6) is -0.0111. The van der Waals surface area contributed by atoms with Gasteiger partial charge in [0.25, 0.3) is 5.91 Å². The fourth-order valence-electron chi connectivity index (χ4n) is 2.75. The van der Waals surface area contributed by atoms with Crippen LogP contribution in [0.2, 0.25) is 0 Å².